The Balaban J connectivity index is 1.71. The van der Waals surface area contributed by atoms with Gasteiger partial charge in [0.1, 0.15) is 23.0 Å². The van der Waals surface area contributed by atoms with E-state index in [9.17, 15) is 8.42 Å². The summed E-state index contributed by atoms with van der Waals surface area (Å²) in [5.74, 6) is 0.694. The number of sulfonamides is 1. The summed E-state index contributed by atoms with van der Waals surface area (Å²) in [7, 11) is -3.56. The molecule has 0 aromatic carbocycles. The van der Waals surface area contributed by atoms with Crippen LogP contribution in [0.2, 0.25) is 0 Å². The highest BCUT2D eigenvalue weighted by atomic mass is 32.2. The summed E-state index contributed by atoms with van der Waals surface area (Å²) in [6.07, 6.45) is 7.03. The van der Waals surface area contributed by atoms with Crippen LogP contribution in [0.25, 0.3) is 0 Å². The Bertz CT molecular complexity index is 673. The van der Waals surface area contributed by atoms with Gasteiger partial charge >= 0.3 is 0 Å². The van der Waals surface area contributed by atoms with Crippen LogP contribution in [0, 0.1) is 0 Å². The molecular weight excluding hydrogens is 294 g/mol. The van der Waals surface area contributed by atoms with Crippen molar-refractivity contribution < 1.29 is 17.7 Å². The maximum atomic E-state index is 12.4. The molecule has 1 atom stereocenters. The minimum absolute atomic E-state index is 0.0760. The van der Waals surface area contributed by atoms with Crippen LogP contribution in [0.15, 0.2) is 46.4 Å². The second-order valence-electron chi connectivity index (χ2n) is 4.79. The van der Waals surface area contributed by atoms with Crippen LogP contribution in [0.5, 0.6) is 5.75 Å². The molecule has 0 spiro atoms. The molecule has 1 aliphatic heterocycles. The number of hydrogen-bond donors (Lipinski definition) is 0. The Morgan fingerprint density at radius 1 is 1.33 bits per heavy atom. The lowest BCUT2D eigenvalue weighted by molar-refractivity contribution is 0.129. The number of rotatable bonds is 4. The fourth-order valence-electron chi connectivity index (χ4n) is 2.30. The second kappa shape index (κ2) is 5.82. The predicted molar refractivity (Wildman–Crippen MR) is 73.1 cm³/mol. The van der Waals surface area contributed by atoms with Crippen molar-refractivity contribution in [1.29, 1.82) is 0 Å². The van der Waals surface area contributed by atoms with Gasteiger partial charge in [0.15, 0.2) is 0 Å². The molecule has 112 valence electrons. The SMILES string of the molecule is O=S(=O)(c1cnoc1)N1CCCC(Oc2ccncc2)C1. The summed E-state index contributed by atoms with van der Waals surface area (Å²) in [4.78, 5) is 4.00. The lowest BCUT2D eigenvalue weighted by atomic mass is 10.1. The van der Waals surface area contributed by atoms with Gasteiger partial charge in [-0.15, -0.1) is 0 Å². The fourth-order valence-corrected chi connectivity index (χ4v) is 3.67. The van der Waals surface area contributed by atoms with Gasteiger partial charge in [0.2, 0.25) is 10.0 Å². The first-order valence-corrected chi connectivity index (χ1v) is 8.06. The first-order chi connectivity index (χ1) is 10.2. The van der Waals surface area contributed by atoms with Crippen molar-refractivity contribution in [3.8, 4) is 5.75 Å². The predicted octanol–water partition coefficient (Wildman–Crippen LogP) is 1.30. The van der Waals surface area contributed by atoms with Crippen LogP contribution < -0.4 is 4.74 Å². The van der Waals surface area contributed by atoms with Crippen molar-refractivity contribution in [2.45, 2.75) is 23.8 Å². The molecule has 21 heavy (non-hydrogen) atoms. The third kappa shape index (κ3) is 3.06. The van der Waals surface area contributed by atoms with Gasteiger partial charge < -0.3 is 9.26 Å². The monoisotopic (exact) mass is 309 g/mol. The van der Waals surface area contributed by atoms with E-state index in [0.717, 1.165) is 19.1 Å². The Kier molecular flexibility index (Phi) is 3.89. The first-order valence-electron chi connectivity index (χ1n) is 6.62. The van der Waals surface area contributed by atoms with Crippen LogP contribution in [-0.4, -0.2) is 42.1 Å². The van der Waals surface area contributed by atoms with Gasteiger partial charge in [-0.2, -0.15) is 4.31 Å². The smallest absolute Gasteiger partial charge is 0.248 e. The van der Waals surface area contributed by atoms with Gasteiger partial charge in [-0.3, -0.25) is 4.98 Å². The van der Waals surface area contributed by atoms with Crippen LogP contribution in [0.4, 0.5) is 0 Å². The van der Waals surface area contributed by atoms with E-state index in [2.05, 4.69) is 14.7 Å². The quantitative estimate of drug-likeness (QED) is 0.846. The highest BCUT2D eigenvalue weighted by Gasteiger charge is 2.32. The lowest BCUT2D eigenvalue weighted by Crippen LogP contribution is -2.44. The molecule has 1 aliphatic rings. The van der Waals surface area contributed by atoms with E-state index in [0.29, 0.717) is 18.8 Å². The molecule has 2 aromatic heterocycles. The molecule has 8 heteroatoms. The van der Waals surface area contributed by atoms with Gasteiger partial charge in [0.05, 0.1) is 12.7 Å². The molecular formula is C13H15N3O4S. The summed E-state index contributed by atoms with van der Waals surface area (Å²) < 4.78 is 36.7. The van der Waals surface area contributed by atoms with Crippen LogP contribution >= 0.6 is 0 Å². The molecule has 0 radical (unpaired) electrons. The van der Waals surface area contributed by atoms with E-state index >= 15 is 0 Å². The van der Waals surface area contributed by atoms with Crippen LogP contribution in [-0.2, 0) is 10.0 Å². The molecule has 3 heterocycles. The third-order valence-corrected chi connectivity index (χ3v) is 5.15. The Morgan fingerprint density at radius 3 is 2.86 bits per heavy atom. The van der Waals surface area contributed by atoms with Gasteiger partial charge in [-0.1, -0.05) is 5.16 Å². The summed E-state index contributed by atoms with van der Waals surface area (Å²) in [5, 5.41) is 3.45. The molecule has 0 bridgehead atoms. The summed E-state index contributed by atoms with van der Waals surface area (Å²) >= 11 is 0. The highest BCUT2D eigenvalue weighted by molar-refractivity contribution is 7.89. The first kappa shape index (κ1) is 14.0. The largest absolute Gasteiger partial charge is 0.489 e. The minimum atomic E-state index is -3.56. The topological polar surface area (TPSA) is 85.5 Å². The number of piperidine rings is 1. The molecule has 0 saturated carbocycles. The molecule has 1 unspecified atom stereocenters. The van der Waals surface area contributed by atoms with Gasteiger partial charge in [0.25, 0.3) is 0 Å². The zero-order valence-corrected chi connectivity index (χ0v) is 12.1. The van der Waals surface area contributed by atoms with Crippen molar-refractivity contribution in [3.63, 3.8) is 0 Å². The van der Waals surface area contributed by atoms with E-state index in [1.807, 2.05) is 0 Å². The number of nitrogens with zero attached hydrogens (tertiary/aromatic N) is 3. The van der Waals surface area contributed by atoms with E-state index in [1.54, 1.807) is 24.5 Å². The summed E-state index contributed by atoms with van der Waals surface area (Å²) in [6.45, 7) is 0.791. The number of hydrogen-bond acceptors (Lipinski definition) is 6. The fraction of sp³-hybridized carbons (Fsp3) is 0.385. The van der Waals surface area contributed by atoms with Crippen molar-refractivity contribution >= 4 is 10.0 Å². The molecule has 0 amide bonds. The van der Waals surface area contributed by atoms with Gasteiger partial charge in [-0.05, 0) is 25.0 Å². The number of pyridine rings is 1. The number of aromatic nitrogens is 2. The van der Waals surface area contributed by atoms with Crippen LogP contribution in [0.3, 0.4) is 0 Å². The minimum Gasteiger partial charge on any atom is -0.489 e. The molecule has 1 saturated heterocycles. The van der Waals surface area contributed by atoms with Gasteiger partial charge in [-0.25, -0.2) is 8.42 Å². The molecule has 0 aliphatic carbocycles. The zero-order chi connectivity index (χ0) is 14.7. The summed E-state index contributed by atoms with van der Waals surface area (Å²) in [6, 6.07) is 3.51. The third-order valence-electron chi connectivity index (χ3n) is 3.34. The normalized spacial score (nSPS) is 20.3. The van der Waals surface area contributed by atoms with Gasteiger partial charge in [0, 0.05) is 18.9 Å². The van der Waals surface area contributed by atoms with E-state index in [4.69, 9.17) is 4.74 Å². The van der Waals surface area contributed by atoms with Crippen molar-refractivity contribution in [2.75, 3.05) is 13.1 Å². The average Bonchev–Trinajstić information content (AvgIpc) is 3.04. The Morgan fingerprint density at radius 2 is 2.14 bits per heavy atom. The Hall–Kier alpha value is -1.93. The zero-order valence-electron chi connectivity index (χ0n) is 11.3. The number of ether oxygens (including phenoxy) is 1. The lowest BCUT2D eigenvalue weighted by Gasteiger charge is -2.31. The van der Waals surface area contributed by atoms with Crippen molar-refractivity contribution in [2.24, 2.45) is 0 Å². The van der Waals surface area contributed by atoms with E-state index < -0.39 is 10.0 Å². The van der Waals surface area contributed by atoms with Crippen LogP contribution in [0.1, 0.15) is 12.8 Å². The standard InChI is InChI=1S/C13H15N3O4S/c17-21(18,13-8-15-19-10-13)16-7-1-2-12(9-16)20-11-3-5-14-6-4-11/h3-6,8,10,12H,1-2,7,9H2. The molecule has 7 nitrogen and oxygen atoms in total. The molecule has 2 aromatic rings. The molecule has 3 rings (SSSR count). The molecule has 0 N–H and O–H groups in total. The van der Waals surface area contributed by atoms with E-state index in [1.165, 1.54) is 10.5 Å². The second-order valence-corrected chi connectivity index (χ2v) is 6.73. The Labute approximate surface area is 122 Å². The van der Waals surface area contributed by atoms with Crippen molar-refractivity contribution in [3.05, 3.63) is 37.0 Å². The maximum absolute atomic E-state index is 12.4. The summed E-state index contributed by atoms with van der Waals surface area (Å²) in [5.41, 5.74) is 0. The van der Waals surface area contributed by atoms with E-state index in [-0.39, 0.29) is 11.0 Å². The highest BCUT2D eigenvalue weighted by Crippen LogP contribution is 2.23. The van der Waals surface area contributed by atoms with Crippen molar-refractivity contribution in [1.82, 2.24) is 14.4 Å². The molecule has 1 fully saturated rings. The maximum Gasteiger partial charge on any atom is 0.248 e. The average molecular weight is 309 g/mol.